The number of carbonyl (C=O) groups is 3. The average Bonchev–Trinajstić information content (AvgIpc) is 3.46. The van der Waals surface area contributed by atoms with Crippen LogP contribution in [0.25, 0.3) is 18.0 Å². The van der Waals surface area contributed by atoms with Gasteiger partial charge in [0.05, 0.1) is 5.69 Å². The summed E-state index contributed by atoms with van der Waals surface area (Å²) in [5, 5.41) is 7.90. The number of carbonyl (C=O) groups excluding carboxylic acids is 3. The summed E-state index contributed by atoms with van der Waals surface area (Å²) < 4.78 is 4.62. The molecule has 0 aliphatic heterocycles. The van der Waals surface area contributed by atoms with Gasteiger partial charge in [0.2, 0.25) is 5.82 Å². The Morgan fingerprint density at radius 2 is 1.62 bits per heavy atom. The van der Waals surface area contributed by atoms with Crippen LogP contribution in [0.4, 0.5) is 11.5 Å². The molecule has 3 heterocycles. The smallest absolute Gasteiger partial charge is 0.693 e. The van der Waals surface area contributed by atoms with Crippen LogP contribution in [0, 0.1) is 0 Å². The van der Waals surface area contributed by atoms with E-state index in [9.17, 15) is 14.4 Å². The van der Waals surface area contributed by atoms with E-state index in [1.807, 2.05) is 0 Å². The van der Waals surface area contributed by atoms with Gasteiger partial charge in [-0.2, -0.15) is 0 Å². The maximum atomic E-state index is 12.6. The van der Waals surface area contributed by atoms with Gasteiger partial charge in [-0.3, -0.25) is 14.4 Å². The molecule has 0 aliphatic carbocycles. The Hall–Kier alpha value is -3.03. The van der Waals surface area contributed by atoms with Crippen molar-refractivity contribution in [2.45, 2.75) is 0 Å². The van der Waals surface area contributed by atoms with Crippen molar-refractivity contribution >= 4 is 38.6 Å². The van der Waals surface area contributed by atoms with Crippen LogP contribution in [0.2, 0.25) is 0 Å². The van der Waals surface area contributed by atoms with E-state index in [1.54, 1.807) is 61.4 Å². The van der Waals surface area contributed by atoms with E-state index < -0.39 is 11.8 Å². The molecule has 0 saturated carbocycles. The predicted octanol–water partition coefficient (Wildman–Crippen LogP) is 2.90. The molecule has 0 aromatic carbocycles. The molecule has 0 saturated heterocycles. The van der Waals surface area contributed by atoms with Gasteiger partial charge in [-0.05, 0) is 12.6 Å². The molecule has 191 valence electrons. The summed E-state index contributed by atoms with van der Waals surface area (Å²) in [6.45, 7) is 0.323. The van der Waals surface area contributed by atoms with Crippen LogP contribution in [0.15, 0.2) is 30.9 Å². The van der Waals surface area contributed by atoms with Crippen molar-refractivity contribution in [3.63, 3.8) is 0 Å². The Bertz CT molecular complexity index is 1110. The first-order chi connectivity index (χ1) is 15.3. The van der Waals surface area contributed by atoms with E-state index in [2.05, 4.69) is 35.3 Å². The van der Waals surface area contributed by atoms with E-state index in [0.717, 1.165) is 0 Å². The van der Waals surface area contributed by atoms with Crippen molar-refractivity contribution in [2.24, 2.45) is 21.1 Å². The van der Waals surface area contributed by atoms with Crippen LogP contribution < -0.4 is 16.0 Å². The summed E-state index contributed by atoms with van der Waals surface area (Å²) in [5.74, 6) is -0.778. The minimum atomic E-state index is -0.501. The number of halogens is 1. The van der Waals surface area contributed by atoms with Crippen molar-refractivity contribution in [3.8, 4) is 0 Å². The summed E-state index contributed by atoms with van der Waals surface area (Å²) in [6, 6.07) is 1.53. The second kappa shape index (κ2) is 14.3. The van der Waals surface area contributed by atoms with Crippen LogP contribution in [0.5, 0.6) is 0 Å². The number of nitrogens with two attached hydrogens (primary N) is 2. The fourth-order valence-electron chi connectivity index (χ4n) is 2.81. The molecule has 16 heteroatoms. The molecule has 8 N–H and O–H groups in total. The van der Waals surface area contributed by atoms with Gasteiger partial charge in [-0.1, -0.05) is 0 Å². The SMILES string of the molecule is Cn1cc(NC(=O)c2nc(NC(=O)c3nccn3C)cn2C)cc1C(=O)NCC[NH-].[Cl][Pt].[NH2-].[NH2-]. The van der Waals surface area contributed by atoms with Crippen LogP contribution in [-0.4, -0.2) is 54.5 Å². The molecule has 3 aromatic rings. The summed E-state index contributed by atoms with van der Waals surface area (Å²) in [4.78, 5) is 45.1. The minimum absolute atomic E-state index is 0. The van der Waals surface area contributed by atoms with Crippen molar-refractivity contribution < 1.29 is 33.2 Å². The molecule has 14 nitrogen and oxygen atoms in total. The van der Waals surface area contributed by atoms with Gasteiger partial charge >= 0.3 is 28.2 Å². The van der Waals surface area contributed by atoms with Crippen molar-refractivity contribution in [3.05, 3.63) is 66.2 Å². The molecular formula is C18H26ClN11O3Pt-3. The average molecular weight is 675 g/mol. The number of amides is 3. The first kappa shape index (κ1) is 31.0. The molecule has 3 rings (SSSR count). The second-order valence-electron chi connectivity index (χ2n) is 6.56. The molecule has 34 heavy (non-hydrogen) atoms. The molecule has 0 atom stereocenters. The maximum absolute atomic E-state index is 12.6. The third-order valence-corrected chi connectivity index (χ3v) is 4.25. The molecule has 3 amide bonds. The number of rotatable bonds is 7. The Morgan fingerprint density at radius 3 is 2.21 bits per heavy atom. The van der Waals surface area contributed by atoms with E-state index in [1.165, 1.54) is 23.0 Å². The standard InChI is InChI=1S/C18H22N9O3.ClH.2H2N.Pt/c1-25-7-6-20-14(25)17(29)24-13-10-27(3)15(23-13)18(30)22-11-8-12(26(2)9-11)16(28)21-5-4-19;;;;/h6-10,19H,4-5H2,1-3H3,(H,21,28)(H,22,30)(H,24,29);1H;2*1H2;/q-1;;2*-1;+1/p-1. The zero-order chi connectivity index (χ0) is 23.8. The van der Waals surface area contributed by atoms with Gasteiger partial charge in [0, 0.05) is 45.9 Å². The number of hydrogen-bond acceptors (Lipinski definition) is 5. The zero-order valence-corrected chi connectivity index (χ0v) is 21.6. The fourth-order valence-corrected chi connectivity index (χ4v) is 2.81. The largest absolute Gasteiger partial charge is 0.693 e. The van der Waals surface area contributed by atoms with Gasteiger partial charge in [0.25, 0.3) is 17.7 Å². The van der Waals surface area contributed by atoms with Crippen molar-refractivity contribution in [1.82, 2.24) is 29.0 Å². The van der Waals surface area contributed by atoms with E-state index in [4.69, 9.17) is 5.73 Å². The van der Waals surface area contributed by atoms with Gasteiger partial charge in [0.1, 0.15) is 5.69 Å². The quantitative estimate of drug-likeness (QED) is 0.343. The van der Waals surface area contributed by atoms with Crippen molar-refractivity contribution in [2.75, 3.05) is 23.7 Å². The van der Waals surface area contributed by atoms with Gasteiger partial charge in [-0.15, -0.1) is 6.54 Å². The van der Waals surface area contributed by atoms with Crippen LogP contribution in [0.1, 0.15) is 31.7 Å². The van der Waals surface area contributed by atoms with Gasteiger partial charge in [0.15, 0.2) is 11.6 Å². The maximum Gasteiger partial charge on any atom is -0.693 e. The van der Waals surface area contributed by atoms with Gasteiger partial charge in [-0.25, -0.2) is 9.97 Å². The van der Waals surface area contributed by atoms with E-state index >= 15 is 0 Å². The minimum Gasteiger partial charge on any atom is -0.693 e. The normalized spacial score (nSPS) is 9.62. The summed E-state index contributed by atoms with van der Waals surface area (Å²) in [7, 11) is 9.61. The molecular weight excluding hydrogens is 649 g/mol. The zero-order valence-electron chi connectivity index (χ0n) is 18.6. The molecule has 0 unspecified atom stereocenters. The summed E-state index contributed by atoms with van der Waals surface area (Å²) in [5.41, 5.74) is 7.87. The summed E-state index contributed by atoms with van der Waals surface area (Å²) in [6.07, 6.45) is 6.27. The van der Waals surface area contributed by atoms with E-state index in [-0.39, 0.29) is 48.8 Å². The molecule has 0 fully saturated rings. The topological polar surface area (TPSA) is 219 Å². The molecule has 0 aliphatic rings. The van der Waals surface area contributed by atoms with Crippen LogP contribution >= 0.6 is 9.42 Å². The molecule has 3 aromatic heterocycles. The fraction of sp³-hybridized carbons (Fsp3) is 0.278. The Kier molecular flexibility index (Phi) is 13.0. The number of anilines is 2. The number of aromatic nitrogens is 5. The second-order valence-corrected chi connectivity index (χ2v) is 6.56. The third kappa shape index (κ3) is 7.50. The Balaban J connectivity index is 0.00000265. The molecule has 0 spiro atoms. The number of nitrogens with one attached hydrogen (secondary N) is 4. The molecule has 0 bridgehead atoms. The number of hydrogen-bond donors (Lipinski definition) is 3. The first-order valence-corrected chi connectivity index (χ1v) is 12.0. The predicted molar refractivity (Wildman–Crippen MR) is 126 cm³/mol. The Labute approximate surface area is 211 Å². The summed E-state index contributed by atoms with van der Waals surface area (Å²) >= 11 is 1.61. The first-order valence-electron chi connectivity index (χ1n) is 9.14. The monoisotopic (exact) mass is 674 g/mol. The van der Waals surface area contributed by atoms with Gasteiger partial charge < -0.3 is 47.7 Å². The number of aryl methyl sites for hydroxylation is 3. The molecule has 0 radical (unpaired) electrons. The Morgan fingerprint density at radius 1 is 0.971 bits per heavy atom. The van der Waals surface area contributed by atoms with Crippen LogP contribution in [-0.2, 0) is 39.9 Å². The van der Waals surface area contributed by atoms with E-state index in [0.29, 0.717) is 11.4 Å². The number of imidazole rings is 2. The third-order valence-electron chi connectivity index (χ3n) is 4.25. The van der Waals surface area contributed by atoms with Crippen LogP contribution in [0.3, 0.4) is 0 Å². The number of nitrogens with zero attached hydrogens (tertiary/aromatic N) is 5. The van der Waals surface area contributed by atoms with Crippen molar-refractivity contribution in [1.29, 1.82) is 0 Å².